The van der Waals surface area contributed by atoms with Crippen LogP contribution in [0.1, 0.15) is 12.0 Å². The molecule has 1 aromatic carbocycles. The molecule has 16 heavy (non-hydrogen) atoms. The van der Waals surface area contributed by atoms with Crippen molar-refractivity contribution in [3.63, 3.8) is 0 Å². The van der Waals surface area contributed by atoms with Crippen molar-refractivity contribution in [2.24, 2.45) is 0 Å². The van der Waals surface area contributed by atoms with Crippen molar-refractivity contribution >= 4 is 0 Å². The predicted molar refractivity (Wildman–Crippen MR) is 62.7 cm³/mol. The molecule has 86 valence electrons. The van der Waals surface area contributed by atoms with E-state index in [0.717, 1.165) is 5.56 Å². The molecule has 0 aliphatic carbocycles. The summed E-state index contributed by atoms with van der Waals surface area (Å²) in [4.78, 5) is 0. The van der Waals surface area contributed by atoms with E-state index in [4.69, 9.17) is 15.9 Å². The molecule has 0 fully saturated rings. The zero-order valence-corrected chi connectivity index (χ0v) is 9.56. The number of terminal acetylenes is 1. The number of para-hydroxylation sites is 1. The van der Waals surface area contributed by atoms with Crippen LogP contribution in [0.5, 0.6) is 11.5 Å². The molecule has 0 bridgehead atoms. The minimum atomic E-state index is -0.712. The third-order valence-corrected chi connectivity index (χ3v) is 2.36. The van der Waals surface area contributed by atoms with Gasteiger partial charge in [-0.05, 0) is 24.5 Å². The summed E-state index contributed by atoms with van der Waals surface area (Å²) in [6.45, 7) is 0. The maximum atomic E-state index is 9.30. The Hall–Kier alpha value is -1.66. The molecule has 0 amide bonds. The summed E-state index contributed by atoms with van der Waals surface area (Å²) in [6, 6.07) is 5.66. The first kappa shape index (κ1) is 12.4. The number of rotatable bonds is 5. The highest BCUT2D eigenvalue weighted by molar-refractivity contribution is 5.46. The van der Waals surface area contributed by atoms with Gasteiger partial charge in [-0.25, -0.2) is 0 Å². The monoisotopic (exact) mass is 220 g/mol. The quantitative estimate of drug-likeness (QED) is 0.766. The van der Waals surface area contributed by atoms with Crippen LogP contribution in [0.15, 0.2) is 18.2 Å². The van der Waals surface area contributed by atoms with Crippen LogP contribution in [0, 0.1) is 12.3 Å². The summed E-state index contributed by atoms with van der Waals surface area (Å²) in [5, 5.41) is 9.30. The Morgan fingerprint density at radius 3 is 2.69 bits per heavy atom. The van der Waals surface area contributed by atoms with Crippen molar-refractivity contribution in [2.45, 2.75) is 18.9 Å². The molecule has 1 rings (SSSR count). The Bertz CT molecular complexity index is 379. The molecule has 0 heterocycles. The van der Waals surface area contributed by atoms with Crippen LogP contribution in [0.3, 0.4) is 0 Å². The Kier molecular flexibility index (Phi) is 4.68. The Morgan fingerprint density at radius 2 is 2.12 bits per heavy atom. The zero-order valence-electron chi connectivity index (χ0n) is 9.56. The van der Waals surface area contributed by atoms with Crippen molar-refractivity contribution in [1.82, 2.24) is 0 Å². The largest absolute Gasteiger partial charge is 0.493 e. The number of methoxy groups -OCH3 is 2. The third kappa shape index (κ3) is 2.91. The van der Waals surface area contributed by atoms with Gasteiger partial charge in [0.05, 0.1) is 14.2 Å². The molecule has 0 radical (unpaired) electrons. The van der Waals surface area contributed by atoms with Gasteiger partial charge >= 0.3 is 0 Å². The van der Waals surface area contributed by atoms with Gasteiger partial charge in [0.2, 0.25) is 0 Å². The molecule has 0 spiro atoms. The van der Waals surface area contributed by atoms with Gasteiger partial charge < -0.3 is 14.6 Å². The Labute approximate surface area is 96.0 Å². The van der Waals surface area contributed by atoms with Gasteiger partial charge in [-0.3, -0.25) is 0 Å². The maximum absolute atomic E-state index is 9.30. The summed E-state index contributed by atoms with van der Waals surface area (Å²) in [7, 11) is 3.19. The highest BCUT2D eigenvalue weighted by Gasteiger charge is 2.10. The molecular weight excluding hydrogens is 204 g/mol. The first-order valence-corrected chi connectivity index (χ1v) is 5.07. The van der Waals surface area contributed by atoms with Crippen molar-refractivity contribution in [3.05, 3.63) is 23.8 Å². The molecule has 1 aromatic rings. The average molecular weight is 220 g/mol. The lowest BCUT2D eigenvalue weighted by Crippen LogP contribution is -2.05. The highest BCUT2D eigenvalue weighted by Crippen LogP contribution is 2.31. The number of benzene rings is 1. The number of hydrogen-bond donors (Lipinski definition) is 1. The number of aryl methyl sites for hydroxylation is 1. The summed E-state index contributed by atoms with van der Waals surface area (Å²) in [5.74, 6) is 3.68. The van der Waals surface area contributed by atoms with E-state index in [1.54, 1.807) is 14.2 Å². The lowest BCUT2D eigenvalue weighted by Gasteiger charge is -2.12. The molecule has 0 saturated carbocycles. The smallest absolute Gasteiger partial charge is 0.163 e. The third-order valence-electron chi connectivity index (χ3n) is 2.36. The fourth-order valence-corrected chi connectivity index (χ4v) is 1.53. The molecule has 0 aliphatic heterocycles. The van der Waals surface area contributed by atoms with Crippen LogP contribution in [0.4, 0.5) is 0 Å². The number of hydrogen-bond acceptors (Lipinski definition) is 3. The van der Waals surface area contributed by atoms with Crippen LogP contribution in [-0.4, -0.2) is 25.4 Å². The van der Waals surface area contributed by atoms with Crippen LogP contribution in [-0.2, 0) is 6.42 Å². The van der Waals surface area contributed by atoms with Gasteiger partial charge in [0.15, 0.2) is 11.5 Å². The fraction of sp³-hybridized carbons (Fsp3) is 0.385. The molecule has 1 atom stereocenters. The van der Waals surface area contributed by atoms with Crippen LogP contribution < -0.4 is 9.47 Å². The minimum absolute atomic E-state index is 0.514. The second kappa shape index (κ2) is 6.04. The second-order valence-corrected chi connectivity index (χ2v) is 3.37. The number of aliphatic hydroxyl groups excluding tert-OH is 1. The molecule has 0 saturated heterocycles. The lowest BCUT2D eigenvalue weighted by molar-refractivity contribution is 0.222. The van der Waals surface area contributed by atoms with E-state index in [1.807, 2.05) is 18.2 Å². The lowest BCUT2D eigenvalue weighted by atomic mass is 10.1. The molecule has 0 aromatic heterocycles. The normalized spacial score (nSPS) is 11.6. The average Bonchev–Trinajstić information content (AvgIpc) is 2.34. The second-order valence-electron chi connectivity index (χ2n) is 3.37. The van der Waals surface area contributed by atoms with E-state index in [1.165, 1.54) is 0 Å². The van der Waals surface area contributed by atoms with Gasteiger partial charge in [-0.15, -0.1) is 6.42 Å². The van der Waals surface area contributed by atoms with Gasteiger partial charge in [0, 0.05) is 0 Å². The van der Waals surface area contributed by atoms with E-state index in [0.29, 0.717) is 24.3 Å². The van der Waals surface area contributed by atoms with Crippen molar-refractivity contribution in [1.29, 1.82) is 0 Å². The van der Waals surface area contributed by atoms with E-state index in [2.05, 4.69) is 5.92 Å². The van der Waals surface area contributed by atoms with Crippen molar-refractivity contribution in [2.75, 3.05) is 14.2 Å². The van der Waals surface area contributed by atoms with Gasteiger partial charge in [-0.2, -0.15) is 0 Å². The van der Waals surface area contributed by atoms with E-state index < -0.39 is 6.10 Å². The predicted octanol–water partition coefficient (Wildman–Crippen LogP) is 1.63. The molecule has 3 nitrogen and oxygen atoms in total. The van der Waals surface area contributed by atoms with E-state index in [-0.39, 0.29) is 0 Å². The minimum Gasteiger partial charge on any atom is -0.493 e. The molecule has 0 aliphatic rings. The van der Waals surface area contributed by atoms with Gasteiger partial charge in [0.25, 0.3) is 0 Å². The van der Waals surface area contributed by atoms with E-state index in [9.17, 15) is 5.11 Å². The summed E-state index contributed by atoms with van der Waals surface area (Å²) in [6.07, 6.45) is 5.57. The molecular formula is C13H16O3. The highest BCUT2D eigenvalue weighted by atomic mass is 16.5. The van der Waals surface area contributed by atoms with Crippen LogP contribution in [0.25, 0.3) is 0 Å². The topological polar surface area (TPSA) is 38.7 Å². The van der Waals surface area contributed by atoms with Gasteiger partial charge in [0.1, 0.15) is 6.10 Å². The molecule has 3 heteroatoms. The molecule has 1 unspecified atom stereocenters. The fourth-order valence-electron chi connectivity index (χ4n) is 1.53. The summed E-state index contributed by atoms with van der Waals surface area (Å²) < 4.78 is 10.5. The van der Waals surface area contributed by atoms with Gasteiger partial charge in [-0.1, -0.05) is 18.1 Å². The Balaban J connectivity index is 2.83. The number of ether oxygens (including phenoxy) is 2. The summed E-state index contributed by atoms with van der Waals surface area (Å²) >= 11 is 0. The maximum Gasteiger partial charge on any atom is 0.163 e. The first-order valence-electron chi connectivity index (χ1n) is 5.07. The van der Waals surface area contributed by atoms with Crippen LogP contribution >= 0.6 is 0 Å². The van der Waals surface area contributed by atoms with Crippen LogP contribution in [0.2, 0.25) is 0 Å². The molecule has 1 N–H and O–H groups in total. The summed E-state index contributed by atoms with van der Waals surface area (Å²) in [5.41, 5.74) is 0.983. The number of aliphatic hydroxyl groups is 1. The standard InChI is InChI=1S/C13H16O3/c1-4-11(14)9-8-10-6-5-7-12(15-2)13(10)16-3/h1,5-7,11,14H,8-9H2,2-3H3. The zero-order chi connectivity index (χ0) is 12.0. The van der Waals surface area contributed by atoms with Crippen molar-refractivity contribution < 1.29 is 14.6 Å². The van der Waals surface area contributed by atoms with Crippen molar-refractivity contribution in [3.8, 4) is 23.8 Å². The SMILES string of the molecule is C#CC(O)CCc1cccc(OC)c1OC. The Morgan fingerprint density at radius 1 is 1.38 bits per heavy atom. The first-order chi connectivity index (χ1) is 7.72. The van der Waals surface area contributed by atoms with E-state index >= 15 is 0 Å².